The van der Waals surface area contributed by atoms with Crippen molar-refractivity contribution in [2.75, 3.05) is 6.54 Å². The van der Waals surface area contributed by atoms with Crippen molar-refractivity contribution in [3.63, 3.8) is 0 Å². The van der Waals surface area contributed by atoms with E-state index in [1.807, 2.05) is 61.5 Å². The van der Waals surface area contributed by atoms with Gasteiger partial charge >= 0.3 is 5.97 Å². The van der Waals surface area contributed by atoms with Crippen LogP contribution in [0, 0.1) is 0 Å². The summed E-state index contributed by atoms with van der Waals surface area (Å²) in [6.45, 7) is 9.19. The lowest BCUT2D eigenvalue weighted by Gasteiger charge is -2.41. The molecule has 4 rings (SSSR count). The minimum Gasteiger partial charge on any atom is -0.457 e. The summed E-state index contributed by atoms with van der Waals surface area (Å²) in [5.41, 5.74) is 2.57. The van der Waals surface area contributed by atoms with Gasteiger partial charge in [-0.25, -0.2) is 5.84 Å². The zero-order chi connectivity index (χ0) is 33.9. The van der Waals surface area contributed by atoms with Crippen LogP contribution in [-0.2, 0) is 30.3 Å². The number of esters is 1. The first-order chi connectivity index (χ1) is 22.6. The Morgan fingerprint density at radius 2 is 1.85 bits per heavy atom. The number of allylic oxidation sites excluding steroid dienone is 1. The molecule has 1 aliphatic rings. The predicted octanol–water partition coefficient (Wildman–Crippen LogP) is 4.15. The van der Waals surface area contributed by atoms with Gasteiger partial charge in [0.25, 0.3) is 5.91 Å². The van der Waals surface area contributed by atoms with Crippen LogP contribution in [0.5, 0.6) is 0 Å². The lowest BCUT2D eigenvalue weighted by atomic mass is 10.0. The molecular weight excluding hydrogens is 596 g/mol. The summed E-state index contributed by atoms with van der Waals surface area (Å²) in [7, 11) is 0. The van der Waals surface area contributed by atoms with Crippen molar-refractivity contribution in [1.29, 1.82) is 0 Å². The zero-order valence-electron chi connectivity index (χ0n) is 27.2. The highest BCUT2D eigenvalue weighted by Gasteiger charge is 2.38. The molecular formula is C36H44N6O5. The number of benzene rings is 2. The Morgan fingerprint density at radius 3 is 2.57 bits per heavy atom. The molecule has 248 valence electrons. The minimum absolute atomic E-state index is 0.140. The largest absolute Gasteiger partial charge is 0.457 e. The van der Waals surface area contributed by atoms with Crippen molar-refractivity contribution in [3.8, 4) is 0 Å². The number of aryl methyl sites for hydroxylation is 1. The molecule has 1 saturated heterocycles. The third-order valence-electron chi connectivity index (χ3n) is 8.19. The van der Waals surface area contributed by atoms with Crippen molar-refractivity contribution in [3.05, 3.63) is 96.3 Å². The number of hydrogen-bond acceptors (Lipinski definition) is 8. The molecule has 1 aliphatic heterocycles. The molecule has 47 heavy (non-hydrogen) atoms. The van der Waals surface area contributed by atoms with Crippen LogP contribution in [0.1, 0.15) is 69.4 Å². The topological polar surface area (TPSA) is 147 Å². The fourth-order valence-electron chi connectivity index (χ4n) is 5.46. The van der Waals surface area contributed by atoms with E-state index in [1.54, 1.807) is 38.3 Å². The molecule has 0 radical (unpaired) electrons. The summed E-state index contributed by atoms with van der Waals surface area (Å²) in [6, 6.07) is 14.6. The van der Waals surface area contributed by atoms with Crippen LogP contribution in [0.4, 0.5) is 0 Å². The lowest BCUT2D eigenvalue weighted by Crippen LogP contribution is -2.64. The molecule has 2 heterocycles. The molecule has 11 heteroatoms. The molecule has 0 unspecified atom stereocenters. The monoisotopic (exact) mass is 640 g/mol. The second-order valence-electron chi connectivity index (χ2n) is 11.6. The molecule has 3 amide bonds. The normalized spacial score (nSPS) is 17.1. The van der Waals surface area contributed by atoms with Gasteiger partial charge in [0.2, 0.25) is 11.8 Å². The Morgan fingerprint density at radius 1 is 1.09 bits per heavy atom. The van der Waals surface area contributed by atoms with Gasteiger partial charge in [-0.15, -0.1) is 5.12 Å². The van der Waals surface area contributed by atoms with Gasteiger partial charge in [-0.05, 0) is 81.2 Å². The molecule has 0 bridgehead atoms. The smallest absolute Gasteiger partial charge is 0.327 e. The maximum atomic E-state index is 13.5. The lowest BCUT2D eigenvalue weighted by molar-refractivity contribution is -0.180. The number of nitrogens with zero attached hydrogens (tertiary/aromatic N) is 3. The van der Waals surface area contributed by atoms with E-state index < -0.39 is 42.0 Å². The van der Waals surface area contributed by atoms with Gasteiger partial charge in [0, 0.05) is 24.5 Å². The average molecular weight is 641 g/mol. The molecule has 0 saturated carbocycles. The number of aromatic nitrogens is 1. The second-order valence-corrected chi connectivity index (χ2v) is 11.6. The van der Waals surface area contributed by atoms with Crippen LogP contribution in [0.25, 0.3) is 16.8 Å². The number of nitrogens with two attached hydrogens (primary N) is 1. The maximum Gasteiger partial charge on any atom is 0.327 e. The number of nitrogens with one attached hydrogen (secondary N) is 2. The number of fused-ring (bicyclic) bond motifs is 1. The molecule has 4 atom stereocenters. The van der Waals surface area contributed by atoms with Crippen molar-refractivity contribution in [2.45, 2.75) is 77.1 Å². The quantitative estimate of drug-likeness (QED) is 0.143. The molecule has 2 aromatic carbocycles. The summed E-state index contributed by atoms with van der Waals surface area (Å²) < 4.78 is 5.82. The third-order valence-corrected chi connectivity index (χ3v) is 8.19. The summed E-state index contributed by atoms with van der Waals surface area (Å²) in [5.74, 6) is 4.54. The molecule has 1 aromatic heterocycles. The van der Waals surface area contributed by atoms with Crippen LogP contribution >= 0.6 is 0 Å². The number of rotatable bonds is 13. The number of hydrogen-bond donors (Lipinski definition) is 3. The SMILES string of the molecule is C=Cc1cc2cc([C@@H](C)OC(=O)[C@@H]3CCCN(C(=O)[C@H](C)NC(=O)[C@H](CCc4ccccc4)NC(=O)C/C=C/C)N3N)ccc2cn1. The summed E-state index contributed by atoms with van der Waals surface area (Å²) in [4.78, 5) is 57.0. The third kappa shape index (κ3) is 9.34. The number of amides is 3. The van der Waals surface area contributed by atoms with Gasteiger partial charge in [0.1, 0.15) is 24.2 Å². The molecule has 3 aromatic rings. The summed E-state index contributed by atoms with van der Waals surface area (Å²) >= 11 is 0. The van der Waals surface area contributed by atoms with Gasteiger partial charge in [-0.2, -0.15) is 0 Å². The Labute approximate surface area is 275 Å². The zero-order valence-corrected chi connectivity index (χ0v) is 27.2. The van der Waals surface area contributed by atoms with Crippen molar-refractivity contribution in [2.24, 2.45) is 5.84 Å². The first-order valence-corrected chi connectivity index (χ1v) is 15.9. The Bertz CT molecular complexity index is 1610. The highest BCUT2D eigenvalue weighted by Crippen LogP contribution is 2.25. The fraction of sp³-hybridized carbons (Fsp3) is 0.361. The molecule has 0 spiro atoms. The maximum absolute atomic E-state index is 13.5. The van der Waals surface area contributed by atoms with Gasteiger partial charge in [-0.3, -0.25) is 29.2 Å². The van der Waals surface area contributed by atoms with E-state index in [-0.39, 0.29) is 18.9 Å². The fourth-order valence-corrected chi connectivity index (χ4v) is 5.46. The van der Waals surface area contributed by atoms with Crippen LogP contribution in [0.2, 0.25) is 0 Å². The highest BCUT2D eigenvalue weighted by molar-refractivity contribution is 5.92. The first kappa shape index (κ1) is 35.0. The Kier molecular flexibility index (Phi) is 12.4. The van der Waals surface area contributed by atoms with Crippen molar-refractivity contribution in [1.82, 2.24) is 25.7 Å². The van der Waals surface area contributed by atoms with Crippen molar-refractivity contribution < 1.29 is 23.9 Å². The van der Waals surface area contributed by atoms with Crippen LogP contribution in [0.3, 0.4) is 0 Å². The standard InChI is InChI=1S/C36H44N6O5/c1-5-7-15-33(43)40-31(19-16-26-12-9-8-10-13-26)34(44)39-24(3)35(45)41-20-11-14-32(42(41)37)36(46)47-25(4)27-17-18-28-23-38-30(6-2)22-29(28)21-27/h5-10,12-13,17-18,21-25,31-32H,2,11,14-16,19-20,37H2,1,3-4H3,(H,39,44)(H,40,43)/b7-5+/t24-,25+,31-,32-/m0/s1. The molecule has 0 aliphatic carbocycles. The van der Waals surface area contributed by atoms with Crippen LogP contribution in [0.15, 0.2) is 79.5 Å². The van der Waals surface area contributed by atoms with Gasteiger partial charge in [0.15, 0.2) is 0 Å². The second kappa shape index (κ2) is 16.6. The highest BCUT2D eigenvalue weighted by atomic mass is 16.5. The molecule has 4 N–H and O–H groups in total. The van der Waals surface area contributed by atoms with E-state index in [2.05, 4.69) is 22.2 Å². The van der Waals surface area contributed by atoms with Crippen LogP contribution < -0.4 is 16.5 Å². The van der Waals surface area contributed by atoms with E-state index in [0.29, 0.717) is 25.7 Å². The van der Waals surface area contributed by atoms with E-state index in [4.69, 9.17) is 10.6 Å². The number of carbonyl (C=O) groups is 4. The predicted molar refractivity (Wildman–Crippen MR) is 181 cm³/mol. The van der Waals surface area contributed by atoms with Gasteiger partial charge in [-0.1, -0.05) is 61.2 Å². The number of pyridine rings is 1. The van der Waals surface area contributed by atoms with Gasteiger partial charge in [0.05, 0.1) is 5.69 Å². The first-order valence-electron chi connectivity index (χ1n) is 15.9. The van der Waals surface area contributed by atoms with E-state index in [9.17, 15) is 19.2 Å². The van der Waals surface area contributed by atoms with Crippen LogP contribution in [-0.4, -0.2) is 63.5 Å². The summed E-state index contributed by atoms with van der Waals surface area (Å²) in [5, 5.41) is 9.81. The van der Waals surface area contributed by atoms with Crippen molar-refractivity contribution >= 4 is 40.5 Å². The summed E-state index contributed by atoms with van der Waals surface area (Å²) in [6.07, 6.45) is 8.30. The van der Waals surface area contributed by atoms with E-state index in [1.165, 1.54) is 5.01 Å². The van der Waals surface area contributed by atoms with Gasteiger partial charge < -0.3 is 15.4 Å². The minimum atomic E-state index is -0.971. The number of ether oxygens (including phenoxy) is 1. The molecule has 11 nitrogen and oxygen atoms in total. The average Bonchev–Trinajstić information content (AvgIpc) is 3.08. The Hall–Kier alpha value is -4.87. The number of hydrazine groups is 2. The van der Waals surface area contributed by atoms with E-state index >= 15 is 0 Å². The molecule has 1 fully saturated rings. The number of carbonyl (C=O) groups excluding carboxylic acids is 4. The Balaban J connectivity index is 1.38. The van der Waals surface area contributed by atoms with E-state index in [0.717, 1.165) is 32.7 Å².